The van der Waals surface area contributed by atoms with E-state index in [1.54, 1.807) is 30.3 Å². The van der Waals surface area contributed by atoms with Crippen LogP contribution in [0, 0.1) is 0 Å². The van der Waals surface area contributed by atoms with Gasteiger partial charge in [-0.3, -0.25) is 0 Å². The Kier molecular flexibility index (Phi) is 9.07. The molecular formula is C23H28N2O11S. The van der Waals surface area contributed by atoms with Gasteiger partial charge in [0.25, 0.3) is 0 Å². The lowest BCUT2D eigenvalue weighted by Gasteiger charge is -2.37. The average Bonchev–Trinajstić information content (AvgIpc) is 2.84. The summed E-state index contributed by atoms with van der Waals surface area (Å²) in [5, 5.41) is 47.5. The van der Waals surface area contributed by atoms with Crippen molar-refractivity contribution in [1.82, 2.24) is 0 Å². The van der Waals surface area contributed by atoms with E-state index in [-0.39, 0.29) is 17.0 Å². The molecule has 1 fully saturated rings. The smallest absolute Gasteiger partial charge is 0.340 e. The van der Waals surface area contributed by atoms with Gasteiger partial charge in [0, 0.05) is 6.54 Å². The molecule has 14 heteroatoms. The van der Waals surface area contributed by atoms with Crippen molar-refractivity contribution in [3.63, 3.8) is 0 Å². The van der Waals surface area contributed by atoms with Crippen LogP contribution in [0.2, 0.25) is 0 Å². The number of sulfonamides is 1. The van der Waals surface area contributed by atoms with Crippen LogP contribution in [0.5, 0.6) is 11.5 Å². The number of nitrogens with one attached hydrogen (secondary N) is 1. The topological polar surface area (TPSA) is 215 Å². The number of para-hydroxylation sites is 1. The van der Waals surface area contributed by atoms with Crippen LogP contribution in [-0.4, -0.2) is 78.0 Å². The van der Waals surface area contributed by atoms with Gasteiger partial charge >= 0.3 is 11.9 Å². The van der Waals surface area contributed by atoms with Crippen molar-refractivity contribution in [3.05, 3.63) is 48.0 Å². The monoisotopic (exact) mass is 540 g/mol. The fraction of sp³-hybridized carbons (Fsp3) is 0.391. The van der Waals surface area contributed by atoms with E-state index in [0.717, 1.165) is 12.5 Å². The number of unbranched alkanes of at least 4 members (excludes halogenated alkanes) is 1. The maximum absolute atomic E-state index is 12.9. The number of anilines is 1. The normalized spacial score (nSPS) is 23.8. The molecule has 0 bridgehead atoms. The summed E-state index contributed by atoms with van der Waals surface area (Å²) in [6, 6.07) is 10.4. The van der Waals surface area contributed by atoms with E-state index < -0.39 is 57.6 Å². The number of aliphatic hydroxyl groups excluding tert-OH is 3. The van der Waals surface area contributed by atoms with Crippen molar-refractivity contribution < 1.29 is 52.6 Å². The summed E-state index contributed by atoms with van der Waals surface area (Å²) < 4.78 is 40.7. The van der Waals surface area contributed by atoms with Crippen LogP contribution < -0.4 is 15.2 Å². The molecule has 1 aliphatic rings. The van der Waals surface area contributed by atoms with Gasteiger partial charge in [-0.15, -0.1) is 0 Å². The highest BCUT2D eigenvalue weighted by Gasteiger charge is 2.48. The van der Waals surface area contributed by atoms with Crippen molar-refractivity contribution in [2.45, 2.75) is 55.4 Å². The molecule has 7 N–H and O–H groups in total. The molecule has 0 unspecified atom stereocenters. The third-order valence-electron chi connectivity index (χ3n) is 5.44. The van der Waals surface area contributed by atoms with Crippen molar-refractivity contribution in [1.29, 1.82) is 0 Å². The van der Waals surface area contributed by atoms with Crippen LogP contribution in [-0.2, 0) is 24.3 Å². The minimum atomic E-state index is -4.45. The third-order valence-corrected chi connectivity index (χ3v) is 6.36. The highest BCUT2D eigenvalue weighted by molar-refractivity contribution is 7.89. The molecule has 0 aliphatic carbocycles. The first-order valence-corrected chi connectivity index (χ1v) is 12.8. The van der Waals surface area contributed by atoms with Crippen LogP contribution in [0.25, 0.3) is 0 Å². The molecular weight excluding hydrogens is 512 g/mol. The number of ether oxygens (including phenoxy) is 3. The molecule has 37 heavy (non-hydrogen) atoms. The number of rotatable bonds is 10. The molecule has 1 heterocycles. The summed E-state index contributed by atoms with van der Waals surface area (Å²) in [4.78, 5) is 23.7. The first-order valence-electron chi connectivity index (χ1n) is 11.2. The van der Waals surface area contributed by atoms with E-state index in [4.69, 9.17) is 19.3 Å². The predicted octanol–water partition coefficient (Wildman–Crippen LogP) is 0.387. The quantitative estimate of drug-likeness (QED) is 0.178. The zero-order chi connectivity index (χ0) is 27.3. The van der Waals surface area contributed by atoms with Crippen molar-refractivity contribution in [2.24, 2.45) is 5.14 Å². The van der Waals surface area contributed by atoms with Crippen molar-refractivity contribution in [2.75, 3.05) is 11.9 Å². The fourth-order valence-corrected chi connectivity index (χ4v) is 4.20. The summed E-state index contributed by atoms with van der Waals surface area (Å²) >= 11 is 0. The van der Waals surface area contributed by atoms with Gasteiger partial charge in [-0.1, -0.05) is 31.5 Å². The number of primary sulfonamides is 1. The molecule has 0 saturated carbocycles. The number of aliphatic hydroxyl groups is 3. The lowest BCUT2D eigenvalue weighted by atomic mass is 9.99. The Bertz CT molecular complexity index is 1220. The Morgan fingerprint density at radius 3 is 2.35 bits per heavy atom. The van der Waals surface area contributed by atoms with Gasteiger partial charge in [-0.25, -0.2) is 23.1 Å². The molecule has 0 spiro atoms. The summed E-state index contributed by atoms with van der Waals surface area (Å²) in [6.45, 7) is 2.33. The van der Waals surface area contributed by atoms with Crippen molar-refractivity contribution in [3.8, 4) is 11.5 Å². The number of carboxylic acid groups (broad SMARTS) is 1. The average molecular weight is 541 g/mol. The van der Waals surface area contributed by atoms with E-state index in [0.29, 0.717) is 18.7 Å². The number of carbonyl (C=O) groups excluding carboxylic acids is 1. The van der Waals surface area contributed by atoms with E-state index in [9.17, 15) is 38.4 Å². The second-order valence-electron chi connectivity index (χ2n) is 8.23. The first kappa shape index (κ1) is 28.3. The number of nitrogens with two attached hydrogens (primary N) is 1. The Morgan fingerprint density at radius 2 is 1.76 bits per heavy atom. The number of esters is 1. The van der Waals surface area contributed by atoms with Gasteiger partial charge in [0.1, 0.15) is 29.0 Å². The van der Waals surface area contributed by atoms with E-state index in [1.807, 2.05) is 6.92 Å². The predicted molar refractivity (Wildman–Crippen MR) is 127 cm³/mol. The Labute approximate surface area is 212 Å². The maximum Gasteiger partial charge on any atom is 0.340 e. The molecule has 202 valence electrons. The lowest BCUT2D eigenvalue weighted by Crippen LogP contribution is -2.60. The number of aliphatic carboxylic acids is 1. The number of carboxylic acids is 1. The molecule has 13 nitrogen and oxygen atoms in total. The fourth-order valence-electron chi connectivity index (χ4n) is 3.50. The van der Waals surface area contributed by atoms with Gasteiger partial charge in [0.2, 0.25) is 16.3 Å². The minimum Gasteiger partial charge on any atom is -0.479 e. The summed E-state index contributed by atoms with van der Waals surface area (Å²) in [5.74, 6) is -2.76. The Hall–Kier alpha value is -3.27. The molecule has 2 aromatic carbocycles. The summed E-state index contributed by atoms with van der Waals surface area (Å²) in [6.07, 6.45) is -8.45. The van der Waals surface area contributed by atoms with Crippen LogP contribution in [0.1, 0.15) is 30.1 Å². The molecule has 0 amide bonds. The zero-order valence-electron chi connectivity index (χ0n) is 19.7. The van der Waals surface area contributed by atoms with Crippen LogP contribution in [0.15, 0.2) is 47.4 Å². The molecule has 1 saturated heterocycles. The standard InChI is InChI=1S/C23H28N2O11S/c1-2-3-9-25-14-10-12(11-15(37(24,32)33)19(14)34-13-7-5-4-6-8-13)22(31)36-23-18(28)16(26)17(27)20(35-23)21(29)30/h4-8,10-11,16-18,20,23,25-28H,2-3,9H2,1H3,(H,29,30)(H2,24,32,33)/t16-,17-,18+,20-,23-/m0/s1. The summed E-state index contributed by atoms with van der Waals surface area (Å²) in [7, 11) is -4.45. The largest absolute Gasteiger partial charge is 0.479 e. The molecule has 0 radical (unpaired) electrons. The zero-order valence-corrected chi connectivity index (χ0v) is 20.5. The van der Waals surface area contributed by atoms with Gasteiger partial charge in [-0.05, 0) is 30.7 Å². The van der Waals surface area contributed by atoms with Gasteiger partial charge in [0.15, 0.2) is 11.9 Å². The second kappa shape index (κ2) is 11.9. The molecule has 5 atom stereocenters. The third kappa shape index (κ3) is 6.74. The minimum absolute atomic E-state index is 0.0970. The Morgan fingerprint density at radius 1 is 1.08 bits per heavy atom. The number of benzene rings is 2. The maximum atomic E-state index is 12.9. The molecule has 2 aromatic rings. The second-order valence-corrected chi connectivity index (χ2v) is 9.76. The lowest BCUT2D eigenvalue weighted by molar-refractivity contribution is -0.278. The number of hydrogen-bond acceptors (Lipinski definition) is 11. The number of carbonyl (C=O) groups is 2. The first-order chi connectivity index (χ1) is 17.4. The van der Waals surface area contributed by atoms with Crippen molar-refractivity contribution >= 4 is 27.6 Å². The molecule has 3 rings (SSSR count). The molecule has 0 aromatic heterocycles. The van der Waals surface area contributed by atoms with E-state index in [2.05, 4.69) is 5.32 Å². The van der Waals surface area contributed by atoms with E-state index in [1.165, 1.54) is 6.07 Å². The number of hydrogen-bond donors (Lipinski definition) is 6. The van der Waals surface area contributed by atoms with Gasteiger partial charge in [-0.2, -0.15) is 0 Å². The molecule has 1 aliphatic heterocycles. The van der Waals surface area contributed by atoms with Crippen LogP contribution >= 0.6 is 0 Å². The van der Waals surface area contributed by atoms with Gasteiger partial charge < -0.3 is 40.0 Å². The van der Waals surface area contributed by atoms with Crippen LogP contribution in [0.4, 0.5) is 5.69 Å². The Balaban J connectivity index is 2.00. The summed E-state index contributed by atoms with van der Waals surface area (Å²) in [5.41, 5.74) is -0.258. The van der Waals surface area contributed by atoms with Crippen LogP contribution in [0.3, 0.4) is 0 Å². The SMILES string of the molecule is CCCCNc1cc(C(=O)O[C@@H]2O[C@H](C(=O)O)[C@@H](O)[C@H](O)[C@H]2O)cc(S(N)(=O)=O)c1Oc1ccccc1. The van der Waals surface area contributed by atoms with E-state index >= 15 is 0 Å². The highest BCUT2D eigenvalue weighted by Crippen LogP contribution is 2.37. The highest BCUT2D eigenvalue weighted by atomic mass is 32.2. The van der Waals surface area contributed by atoms with Gasteiger partial charge in [0.05, 0.1) is 11.3 Å².